The summed E-state index contributed by atoms with van der Waals surface area (Å²) in [5.74, 6) is 0. The van der Waals surface area contributed by atoms with Crippen LogP contribution in [0.4, 0.5) is 20.2 Å². The molecule has 0 fully saturated rings. The number of hydrogen-bond donors (Lipinski definition) is 2. The topological polar surface area (TPSA) is 38.0 Å². The Balaban J connectivity index is 2.57. The zero-order valence-corrected chi connectivity index (χ0v) is 6.43. The van der Waals surface area contributed by atoms with Crippen molar-refractivity contribution in [2.75, 3.05) is 17.6 Å². The third-order valence-corrected chi connectivity index (χ3v) is 1.41. The monoisotopic (exact) mass is 172 g/mol. The molecule has 0 bridgehead atoms. The van der Waals surface area contributed by atoms with Crippen LogP contribution in [0, 0.1) is 0 Å². The second kappa shape index (κ2) is 3.90. The summed E-state index contributed by atoms with van der Waals surface area (Å²) in [6.07, 6.45) is -2.36. The molecule has 0 spiro atoms. The van der Waals surface area contributed by atoms with E-state index >= 15 is 0 Å². The smallest absolute Gasteiger partial charge is 0.255 e. The van der Waals surface area contributed by atoms with Gasteiger partial charge < -0.3 is 11.1 Å². The first-order chi connectivity index (χ1) is 5.70. The van der Waals surface area contributed by atoms with Gasteiger partial charge in [-0.25, -0.2) is 8.78 Å². The Kier molecular flexibility index (Phi) is 2.85. The lowest BCUT2D eigenvalue weighted by atomic mass is 10.3. The standard InChI is InChI=1S/C8H10F2N2/c9-8(10)5-12-7-4-2-1-3-6(7)11/h1-4,8,12H,5,11H2. The van der Waals surface area contributed by atoms with Gasteiger partial charge in [0.25, 0.3) is 6.43 Å². The van der Waals surface area contributed by atoms with Crippen molar-refractivity contribution < 1.29 is 8.78 Å². The molecule has 0 saturated carbocycles. The van der Waals surface area contributed by atoms with Gasteiger partial charge in [0, 0.05) is 0 Å². The zero-order chi connectivity index (χ0) is 8.97. The highest BCUT2D eigenvalue weighted by molar-refractivity contribution is 5.65. The Labute approximate surface area is 69.4 Å². The number of halogens is 2. The van der Waals surface area contributed by atoms with Crippen LogP contribution in [0.3, 0.4) is 0 Å². The minimum atomic E-state index is -2.36. The van der Waals surface area contributed by atoms with E-state index < -0.39 is 6.43 Å². The van der Waals surface area contributed by atoms with Crippen molar-refractivity contribution in [3.63, 3.8) is 0 Å². The molecule has 0 radical (unpaired) electrons. The maximum atomic E-state index is 11.7. The van der Waals surface area contributed by atoms with Gasteiger partial charge in [-0.05, 0) is 12.1 Å². The van der Waals surface area contributed by atoms with E-state index in [4.69, 9.17) is 5.73 Å². The van der Waals surface area contributed by atoms with Crippen molar-refractivity contribution in [1.82, 2.24) is 0 Å². The molecule has 1 aromatic rings. The van der Waals surface area contributed by atoms with Crippen LogP contribution in [0.15, 0.2) is 24.3 Å². The molecule has 4 heteroatoms. The minimum absolute atomic E-state index is 0.367. The highest BCUT2D eigenvalue weighted by atomic mass is 19.3. The zero-order valence-electron chi connectivity index (χ0n) is 6.43. The van der Waals surface area contributed by atoms with Crippen LogP contribution in [0.2, 0.25) is 0 Å². The van der Waals surface area contributed by atoms with Crippen molar-refractivity contribution in [3.8, 4) is 0 Å². The van der Waals surface area contributed by atoms with E-state index in [1.54, 1.807) is 24.3 Å². The Morgan fingerprint density at radius 2 is 2.00 bits per heavy atom. The molecule has 12 heavy (non-hydrogen) atoms. The lowest BCUT2D eigenvalue weighted by molar-refractivity contribution is 0.163. The van der Waals surface area contributed by atoms with E-state index in [0.29, 0.717) is 11.4 Å². The largest absolute Gasteiger partial charge is 0.397 e. The Morgan fingerprint density at radius 1 is 1.33 bits per heavy atom. The van der Waals surface area contributed by atoms with E-state index in [0.717, 1.165) is 0 Å². The van der Waals surface area contributed by atoms with Crippen LogP contribution in [0.5, 0.6) is 0 Å². The predicted octanol–water partition coefficient (Wildman–Crippen LogP) is 1.95. The number of nitrogens with one attached hydrogen (secondary N) is 1. The van der Waals surface area contributed by atoms with Crippen LogP contribution >= 0.6 is 0 Å². The third-order valence-electron chi connectivity index (χ3n) is 1.41. The molecule has 0 saturated heterocycles. The first kappa shape index (κ1) is 8.77. The van der Waals surface area contributed by atoms with Crippen LogP contribution in [-0.4, -0.2) is 13.0 Å². The summed E-state index contributed by atoms with van der Waals surface area (Å²) in [6.45, 7) is -0.367. The van der Waals surface area contributed by atoms with Gasteiger partial charge in [0.15, 0.2) is 0 Å². The van der Waals surface area contributed by atoms with Crippen LogP contribution in [0.25, 0.3) is 0 Å². The minimum Gasteiger partial charge on any atom is -0.397 e. The predicted molar refractivity (Wildman–Crippen MR) is 45.3 cm³/mol. The summed E-state index contributed by atoms with van der Waals surface area (Å²) >= 11 is 0. The molecule has 0 amide bonds. The van der Waals surface area contributed by atoms with Crippen molar-refractivity contribution in [2.24, 2.45) is 0 Å². The number of nitrogen functional groups attached to an aromatic ring is 1. The molecule has 0 unspecified atom stereocenters. The van der Waals surface area contributed by atoms with Crippen LogP contribution < -0.4 is 11.1 Å². The molecule has 1 rings (SSSR count). The van der Waals surface area contributed by atoms with Gasteiger partial charge in [-0.1, -0.05) is 12.1 Å². The fraction of sp³-hybridized carbons (Fsp3) is 0.250. The highest BCUT2D eigenvalue weighted by Crippen LogP contribution is 2.16. The summed E-state index contributed by atoms with van der Waals surface area (Å²) < 4.78 is 23.5. The number of para-hydroxylation sites is 2. The molecule has 0 aromatic heterocycles. The maximum Gasteiger partial charge on any atom is 0.255 e. The normalized spacial score (nSPS) is 10.2. The maximum absolute atomic E-state index is 11.7. The lowest BCUT2D eigenvalue weighted by Gasteiger charge is -2.07. The summed E-state index contributed by atoms with van der Waals surface area (Å²) in [5.41, 5.74) is 6.54. The summed E-state index contributed by atoms with van der Waals surface area (Å²) in [5, 5.41) is 2.54. The van der Waals surface area contributed by atoms with Gasteiger partial charge in [-0.15, -0.1) is 0 Å². The molecule has 0 aliphatic carbocycles. The molecular weight excluding hydrogens is 162 g/mol. The van der Waals surface area contributed by atoms with Gasteiger partial charge in [-0.2, -0.15) is 0 Å². The highest BCUT2D eigenvalue weighted by Gasteiger charge is 2.02. The first-order valence-corrected chi connectivity index (χ1v) is 3.56. The van der Waals surface area contributed by atoms with Crippen LogP contribution in [0.1, 0.15) is 0 Å². The number of nitrogens with two attached hydrogens (primary N) is 1. The molecule has 1 aromatic carbocycles. The lowest BCUT2D eigenvalue weighted by Crippen LogP contribution is -2.11. The molecule has 2 nitrogen and oxygen atoms in total. The van der Waals surface area contributed by atoms with E-state index in [1.807, 2.05) is 0 Å². The molecule has 0 aliphatic rings. The molecular formula is C8H10F2N2. The molecule has 0 atom stereocenters. The van der Waals surface area contributed by atoms with Crippen LogP contribution in [-0.2, 0) is 0 Å². The molecule has 66 valence electrons. The van der Waals surface area contributed by atoms with E-state index in [-0.39, 0.29) is 6.54 Å². The van der Waals surface area contributed by atoms with Gasteiger partial charge in [0.05, 0.1) is 17.9 Å². The Hall–Kier alpha value is -1.32. The van der Waals surface area contributed by atoms with Crippen molar-refractivity contribution in [1.29, 1.82) is 0 Å². The van der Waals surface area contributed by atoms with Gasteiger partial charge in [0.2, 0.25) is 0 Å². The van der Waals surface area contributed by atoms with Gasteiger partial charge in [-0.3, -0.25) is 0 Å². The molecule has 3 N–H and O–H groups in total. The summed E-state index contributed by atoms with van der Waals surface area (Å²) in [4.78, 5) is 0. The average molecular weight is 172 g/mol. The molecule has 0 aliphatic heterocycles. The quantitative estimate of drug-likeness (QED) is 0.684. The third kappa shape index (κ3) is 2.38. The summed E-state index contributed by atoms with van der Waals surface area (Å²) in [7, 11) is 0. The van der Waals surface area contributed by atoms with E-state index in [1.165, 1.54) is 0 Å². The number of hydrogen-bond acceptors (Lipinski definition) is 2. The Bertz CT molecular complexity index is 251. The second-order valence-electron chi connectivity index (χ2n) is 2.36. The van der Waals surface area contributed by atoms with E-state index in [9.17, 15) is 8.78 Å². The van der Waals surface area contributed by atoms with Crippen molar-refractivity contribution >= 4 is 11.4 Å². The molecule has 0 heterocycles. The van der Waals surface area contributed by atoms with Gasteiger partial charge >= 0.3 is 0 Å². The number of rotatable bonds is 3. The summed E-state index contributed by atoms with van der Waals surface area (Å²) in [6, 6.07) is 6.82. The second-order valence-corrected chi connectivity index (χ2v) is 2.36. The first-order valence-electron chi connectivity index (χ1n) is 3.56. The fourth-order valence-corrected chi connectivity index (χ4v) is 0.845. The number of alkyl halides is 2. The van der Waals surface area contributed by atoms with E-state index in [2.05, 4.69) is 5.32 Å². The number of anilines is 2. The van der Waals surface area contributed by atoms with Crippen molar-refractivity contribution in [2.45, 2.75) is 6.43 Å². The number of benzene rings is 1. The van der Waals surface area contributed by atoms with Gasteiger partial charge in [0.1, 0.15) is 0 Å². The fourth-order valence-electron chi connectivity index (χ4n) is 0.845. The van der Waals surface area contributed by atoms with Crippen molar-refractivity contribution in [3.05, 3.63) is 24.3 Å². The average Bonchev–Trinajstić information content (AvgIpc) is 2.03. The SMILES string of the molecule is Nc1ccccc1NCC(F)F. The Morgan fingerprint density at radius 3 is 2.58 bits per heavy atom.